The smallest absolute Gasteiger partial charge is 0.309 e. The van der Waals surface area contributed by atoms with Crippen LogP contribution in [0.3, 0.4) is 0 Å². The number of ether oxygens (including phenoxy) is 1. The number of rotatable bonds is 6. The average molecular weight is 401 g/mol. The molecular weight excluding hydrogens is 374 g/mol. The summed E-state index contributed by atoms with van der Waals surface area (Å²) in [5, 5.41) is 14.6. The molecule has 2 saturated heterocycles. The SMILES string of the molecule is N#Cc1nccnc1N1CCC(CNC(=O)C(=O)NCCN2CCOCC2)CC1. The highest BCUT2D eigenvalue weighted by molar-refractivity contribution is 6.35. The minimum Gasteiger partial charge on any atom is -0.379 e. The van der Waals surface area contributed by atoms with Crippen LogP contribution < -0.4 is 15.5 Å². The van der Waals surface area contributed by atoms with Gasteiger partial charge in [-0.2, -0.15) is 5.26 Å². The van der Waals surface area contributed by atoms with Crippen LogP contribution in [-0.2, 0) is 14.3 Å². The molecule has 2 amide bonds. The number of nitrogens with one attached hydrogen (secondary N) is 2. The fourth-order valence-electron chi connectivity index (χ4n) is 3.54. The number of anilines is 1. The van der Waals surface area contributed by atoms with Crippen LogP contribution in [0.4, 0.5) is 5.82 Å². The van der Waals surface area contributed by atoms with Crippen molar-refractivity contribution in [2.24, 2.45) is 5.92 Å². The van der Waals surface area contributed by atoms with E-state index in [-0.39, 0.29) is 0 Å². The number of aromatic nitrogens is 2. The molecule has 0 aliphatic carbocycles. The number of amides is 2. The van der Waals surface area contributed by atoms with Crippen molar-refractivity contribution >= 4 is 17.6 Å². The molecule has 156 valence electrons. The predicted octanol–water partition coefficient (Wildman–Crippen LogP) is -0.871. The molecule has 0 saturated carbocycles. The van der Waals surface area contributed by atoms with Gasteiger partial charge in [-0.15, -0.1) is 0 Å². The minimum atomic E-state index is -0.589. The van der Waals surface area contributed by atoms with Crippen molar-refractivity contribution in [3.8, 4) is 6.07 Å². The number of morpholine rings is 1. The topological polar surface area (TPSA) is 123 Å². The van der Waals surface area contributed by atoms with Crippen molar-refractivity contribution < 1.29 is 14.3 Å². The molecule has 0 atom stereocenters. The predicted molar refractivity (Wildman–Crippen MR) is 105 cm³/mol. The third-order valence-electron chi connectivity index (χ3n) is 5.27. The summed E-state index contributed by atoms with van der Waals surface area (Å²) in [6, 6.07) is 2.07. The Bertz CT molecular complexity index is 738. The molecule has 1 aromatic rings. The Kier molecular flexibility index (Phi) is 7.72. The Morgan fingerprint density at radius 2 is 1.79 bits per heavy atom. The van der Waals surface area contributed by atoms with Crippen LogP contribution in [0.15, 0.2) is 12.4 Å². The standard InChI is InChI=1S/C19H27N7O3/c20-13-16-17(22-4-3-21-16)26-6-1-15(2-7-26)14-24-19(28)18(27)23-5-8-25-9-11-29-12-10-25/h3-4,15H,1-2,5-12,14H2,(H,23,27)(H,24,28). The maximum Gasteiger partial charge on any atom is 0.309 e. The number of hydrogen-bond donors (Lipinski definition) is 2. The zero-order valence-corrected chi connectivity index (χ0v) is 16.5. The number of carbonyl (C=O) groups is 2. The monoisotopic (exact) mass is 401 g/mol. The van der Waals surface area contributed by atoms with Gasteiger partial charge in [0.1, 0.15) is 6.07 Å². The third-order valence-corrected chi connectivity index (χ3v) is 5.27. The van der Waals surface area contributed by atoms with Gasteiger partial charge >= 0.3 is 11.8 Å². The van der Waals surface area contributed by atoms with Gasteiger partial charge in [0.25, 0.3) is 0 Å². The molecule has 1 aromatic heterocycles. The lowest BCUT2D eigenvalue weighted by Gasteiger charge is -2.32. The molecule has 3 heterocycles. The van der Waals surface area contributed by atoms with Crippen molar-refractivity contribution in [2.45, 2.75) is 12.8 Å². The lowest BCUT2D eigenvalue weighted by atomic mass is 9.96. The minimum absolute atomic E-state index is 0.290. The van der Waals surface area contributed by atoms with Crippen LogP contribution in [0, 0.1) is 17.2 Å². The molecule has 2 fully saturated rings. The van der Waals surface area contributed by atoms with E-state index in [4.69, 9.17) is 10.00 Å². The van der Waals surface area contributed by atoms with Gasteiger partial charge in [0.2, 0.25) is 0 Å². The molecule has 0 unspecified atom stereocenters. The molecule has 10 heteroatoms. The molecule has 2 aliphatic rings. The zero-order chi connectivity index (χ0) is 20.5. The highest BCUT2D eigenvalue weighted by Crippen LogP contribution is 2.22. The molecule has 3 rings (SSSR count). The van der Waals surface area contributed by atoms with Crippen LogP contribution in [0.5, 0.6) is 0 Å². The lowest BCUT2D eigenvalue weighted by Crippen LogP contribution is -2.46. The largest absolute Gasteiger partial charge is 0.379 e. The molecule has 2 aliphatic heterocycles. The first-order valence-corrected chi connectivity index (χ1v) is 9.99. The van der Waals surface area contributed by atoms with Gasteiger partial charge in [0.05, 0.1) is 13.2 Å². The molecule has 2 N–H and O–H groups in total. The summed E-state index contributed by atoms with van der Waals surface area (Å²) >= 11 is 0. The Hall–Kier alpha value is -2.77. The van der Waals surface area contributed by atoms with E-state index in [0.717, 1.165) is 39.0 Å². The summed E-state index contributed by atoms with van der Waals surface area (Å²) in [5.74, 6) is -0.278. The number of hydrogen-bond acceptors (Lipinski definition) is 8. The average Bonchev–Trinajstić information content (AvgIpc) is 2.78. The highest BCUT2D eigenvalue weighted by atomic mass is 16.5. The van der Waals surface area contributed by atoms with Gasteiger partial charge in [0.15, 0.2) is 11.5 Å². The molecular formula is C19H27N7O3. The van der Waals surface area contributed by atoms with Crippen LogP contribution >= 0.6 is 0 Å². The number of nitriles is 1. The summed E-state index contributed by atoms with van der Waals surface area (Å²) < 4.78 is 5.28. The maximum absolute atomic E-state index is 12.0. The van der Waals surface area contributed by atoms with E-state index < -0.39 is 11.8 Å². The van der Waals surface area contributed by atoms with Crippen molar-refractivity contribution in [3.63, 3.8) is 0 Å². The van der Waals surface area contributed by atoms with Gasteiger partial charge in [-0.25, -0.2) is 9.97 Å². The Morgan fingerprint density at radius 3 is 2.52 bits per heavy atom. The van der Waals surface area contributed by atoms with E-state index >= 15 is 0 Å². The molecule has 29 heavy (non-hydrogen) atoms. The molecule has 0 radical (unpaired) electrons. The highest BCUT2D eigenvalue weighted by Gasteiger charge is 2.23. The first-order chi connectivity index (χ1) is 14.2. The Morgan fingerprint density at radius 1 is 1.10 bits per heavy atom. The van der Waals surface area contributed by atoms with E-state index in [1.54, 1.807) is 6.20 Å². The summed E-state index contributed by atoms with van der Waals surface area (Å²) in [4.78, 5) is 36.5. The van der Waals surface area contributed by atoms with Gasteiger partial charge in [0, 0.05) is 58.2 Å². The van der Waals surface area contributed by atoms with E-state index in [0.29, 0.717) is 50.3 Å². The van der Waals surface area contributed by atoms with Crippen LogP contribution in [0.2, 0.25) is 0 Å². The summed E-state index contributed by atoms with van der Waals surface area (Å²) in [6.07, 6.45) is 4.79. The van der Waals surface area contributed by atoms with Gasteiger partial charge < -0.3 is 20.3 Å². The second-order valence-electron chi connectivity index (χ2n) is 7.19. The van der Waals surface area contributed by atoms with Crippen LogP contribution in [0.25, 0.3) is 0 Å². The van der Waals surface area contributed by atoms with Crippen molar-refractivity contribution in [1.29, 1.82) is 5.26 Å². The first kappa shape index (κ1) is 21.0. The van der Waals surface area contributed by atoms with E-state index in [9.17, 15) is 9.59 Å². The summed E-state index contributed by atoms with van der Waals surface area (Å²) in [5.41, 5.74) is 0.327. The van der Waals surface area contributed by atoms with Gasteiger partial charge in [-0.1, -0.05) is 0 Å². The van der Waals surface area contributed by atoms with E-state index in [2.05, 4.69) is 31.6 Å². The fourth-order valence-corrected chi connectivity index (χ4v) is 3.54. The second kappa shape index (κ2) is 10.7. The molecule has 0 aromatic carbocycles. The second-order valence-corrected chi connectivity index (χ2v) is 7.19. The van der Waals surface area contributed by atoms with E-state index in [1.807, 2.05) is 4.90 Å². The third kappa shape index (κ3) is 6.10. The first-order valence-electron chi connectivity index (χ1n) is 9.99. The molecule has 0 spiro atoms. The zero-order valence-electron chi connectivity index (χ0n) is 16.5. The van der Waals surface area contributed by atoms with Crippen molar-refractivity contribution in [3.05, 3.63) is 18.1 Å². The normalized spacial score (nSPS) is 18.1. The number of piperidine rings is 1. The van der Waals surface area contributed by atoms with Gasteiger partial charge in [-0.3, -0.25) is 14.5 Å². The van der Waals surface area contributed by atoms with Crippen LogP contribution in [-0.4, -0.2) is 85.7 Å². The van der Waals surface area contributed by atoms with Gasteiger partial charge in [-0.05, 0) is 18.8 Å². The Balaban J connectivity index is 1.33. The van der Waals surface area contributed by atoms with Crippen LogP contribution in [0.1, 0.15) is 18.5 Å². The fraction of sp³-hybridized carbons (Fsp3) is 0.632. The molecule has 0 bridgehead atoms. The number of carbonyl (C=O) groups excluding carboxylic acids is 2. The molecule has 10 nitrogen and oxygen atoms in total. The quantitative estimate of drug-likeness (QED) is 0.590. The Labute approximate surface area is 170 Å². The number of nitrogens with zero attached hydrogens (tertiary/aromatic N) is 5. The lowest BCUT2D eigenvalue weighted by molar-refractivity contribution is -0.139. The van der Waals surface area contributed by atoms with E-state index in [1.165, 1.54) is 6.20 Å². The summed E-state index contributed by atoms with van der Waals surface area (Å²) in [6.45, 7) is 6.23. The summed E-state index contributed by atoms with van der Waals surface area (Å²) in [7, 11) is 0. The maximum atomic E-state index is 12.0. The van der Waals surface area contributed by atoms with Crippen molar-refractivity contribution in [1.82, 2.24) is 25.5 Å². The van der Waals surface area contributed by atoms with Crippen molar-refractivity contribution in [2.75, 3.05) is 63.9 Å².